The van der Waals surface area contributed by atoms with E-state index in [2.05, 4.69) is 9.71 Å². The molecule has 0 aliphatic heterocycles. The number of thiazole rings is 1. The maximum atomic E-state index is 12.7. The second-order valence-corrected chi connectivity index (χ2v) is 6.72. The predicted octanol–water partition coefficient (Wildman–Crippen LogP) is 2.41. The van der Waals surface area contributed by atoms with E-state index in [0.29, 0.717) is 10.9 Å². The van der Waals surface area contributed by atoms with Crippen LogP contribution < -0.4 is 9.46 Å². The van der Waals surface area contributed by atoms with Crippen LogP contribution in [0.25, 0.3) is 0 Å². The predicted molar refractivity (Wildman–Crippen MR) is 76.2 cm³/mol. The van der Waals surface area contributed by atoms with Gasteiger partial charge in [-0.05, 0) is 31.2 Å². The lowest BCUT2D eigenvalue weighted by molar-refractivity contribution is 0.340. The minimum Gasteiger partial charge on any atom is -0.492 e. The molecule has 0 aliphatic carbocycles. The quantitative estimate of drug-likeness (QED) is 0.888. The second kappa shape index (κ2) is 6.19. The lowest BCUT2D eigenvalue weighted by Gasteiger charge is -2.07. The van der Waals surface area contributed by atoms with E-state index in [9.17, 15) is 12.8 Å². The van der Waals surface area contributed by atoms with Crippen molar-refractivity contribution < 1.29 is 17.5 Å². The molecule has 0 bridgehead atoms. The lowest BCUT2D eigenvalue weighted by atomic mass is 10.3. The molecule has 20 heavy (non-hydrogen) atoms. The summed E-state index contributed by atoms with van der Waals surface area (Å²) in [6.07, 6.45) is 0. The molecule has 2 rings (SSSR count). The fraction of sp³-hybridized carbons (Fsp3) is 0.250. The van der Waals surface area contributed by atoms with Crippen molar-refractivity contribution in [1.29, 1.82) is 0 Å². The first-order valence-electron chi connectivity index (χ1n) is 5.75. The summed E-state index contributed by atoms with van der Waals surface area (Å²) in [5, 5.41) is 2.09. The lowest BCUT2D eigenvalue weighted by Crippen LogP contribution is -2.21. The van der Waals surface area contributed by atoms with Crippen LogP contribution >= 0.6 is 11.3 Å². The number of anilines is 1. The Morgan fingerprint density at radius 1 is 1.35 bits per heavy atom. The van der Waals surface area contributed by atoms with Gasteiger partial charge in [0.1, 0.15) is 23.9 Å². The summed E-state index contributed by atoms with van der Waals surface area (Å²) in [6.45, 7) is 1.76. The van der Waals surface area contributed by atoms with Crippen molar-refractivity contribution in [3.8, 4) is 5.75 Å². The Morgan fingerprint density at radius 3 is 2.65 bits per heavy atom. The average Bonchev–Trinajstić information content (AvgIpc) is 2.76. The molecule has 0 unspecified atom stereocenters. The highest BCUT2D eigenvalue weighted by atomic mass is 32.2. The minimum absolute atomic E-state index is 0.0225. The van der Waals surface area contributed by atoms with Gasteiger partial charge >= 0.3 is 0 Å². The smallest absolute Gasteiger partial charge is 0.237 e. The number of sulfonamides is 1. The number of benzene rings is 1. The van der Waals surface area contributed by atoms with Crippen molar-refractivity contribution in [1.82, 2.24) is 4.98 Å². The van der Waals surface area contributed by atoms with Crippen LogP contribution in [0.4, 0.5) is 9.52 Å². The van der Waals surface area contributed by atoms with E-state index in [0.717, 1.165) is 5.69 Å². The molecule has 0 saturated heterocycles. The molecule has 0 amide bonds. The van der Waals surface area contributed by atoms with Crippen LogP contribution in [0, 0.1) is 12.7 Å². The van der Waals surface area contributed by atoms with Crippen LogP contribution in [-0.2, 0) is 10.0 Å². The van der Waals surface area contributed by atoms with Gasteiger partial charge in [-0.3, -0.25) is 4.72 Å². The monoisotopic (exact) mass is 316 g/mol. The number of halogens is 1. The minimum atomic E-state index is -3.50. The van der Waals surface area contributed by atoms with Crippen molar-refractivity contribution in [3.05, 3.63) is 41.2 Å². The molecule has 0 atom stereocenters. The molecule has 0 saturated carbocycles. The number of aryl methyl sites for hydroxylation is 1. The third kappa shape index (κ3) is 4.46. The third-order valence-corrected chi connectivity index (χ3v) is 4.51. The summed E-state index contributed by atoms with van der Waals surface area (Å²) in [6, 6.07) is 5.39. The summed E-state index contributed by atoms with van der Waals surface area (Å²) in [5.74, 6) is -0.152. The fourth-order valence-corrected chi connectivity index (χ4v) is 3.21. The number of rotatable bonds is 6. The van der Waals surface area contributed by atoms with Gasteiger partial charge in [0.25, 0.3) is 0 Å². The van der Waals surface area contributed by atoms with E-state index in [1.54, 1.807) is 12.3 Å². The Labute approximate surface area is 120 Å². The van der Waals surface area contributed by atoms with Gasteiger partial charge in [0.2, 0.25) is 10.0 Å². The highest BCUT2D eigenvalue weighted by Crippen LogP contribution is 2.16. The standard InChI is InChI=1S/C12H13FN2O3S2/c1-9-8-19-12(14-9)15-20(16,17)7-6-18-11-4-2-10(13)3-5-11/h2-5,8H,6-7H2,1H3,(H,14,15). The van der Waals surface area contributed by atoms with Gasteiger partial charge < -0.3 is 4.74 Å². The average molecular weight is 316 g/mol. The van der Waals surface area contributed by atoms with Gasteiger partial charge in [-0.2, -0.15) is 0 Å². The largest absolute Gasteiger partial charge is 0.492 e. The Hall–Kier alpha value is -1.67. The van der Waals surface area contributed by atoms with E-state index < -0.39 is 10.0 Å². The molecule has 5 nitrogen and oxygen atoms in total. The summed E-state index contributed by atoms with van der Waals surface area (Å²) < 4.78 is 43.8. The van der Waals surface area contributed by atoms with Gasteiger partial charge in [-0.25, -0.2) is 17.8 Å². The zero-order valence-corrected chi connectivity index (χ0v) is 12.3. The van der Waals surface area contributed by atoms with Crippen molar-refractivity contribution in [3.63, 3.8) is 0 Å². The fourth-order valence-electron chi connectivity index (χ4n) is 1.38. The summed E-state index contributed by atoms with van der Waals surface area (Å²) in [5.41, 5.74) is 0.760. The van der Waals surface area contributed by atoms with E-state index in [1.807, 2.05) is 0 Å². The topological polar surface area (TPSA) is 68.3 Å². The Balaban J connectivity index is 1.84. The van der Waals surface area contributed by atoms with Crippen LogP contribution in [0.3, 0.4) is 0 Å². The molecule has 1 N–H and O–H groups in total. The maximum Gasteiger partial charge on any atom is 0.237 e. The van der Waals surface area contributed by atoms with Crippen molar-refractivity contribution in [2.24, 2.45) is 0 Å². The number of nitrogens with zero attached hydrogens (tertiary/aromatic N) is 1. The van der Waals surface area contributed by atoms with E-state index in [1.165, 1.54) is 35.6 Å². The number of hydrogen-bond acceptors (Lipinski definition) is 5. The van der Waals surface area contributed by atoms with Gasteiger partial charge in [0.05, 0.1) is 5.69 Å². The number of nitrogens with one attached hydrogen (secondary N) is 1. The van der Waals surface area contributed by atoms with Crippen LogP contribution in [-0.4, -0.2) is 25.8 Å². The van der Waals surface area contributed by atoms with Crippen LogP contribution in [0.15, 0.2) is 29.6 Å². The molecule has 1 aromatic carbocycles. The molecule has 108 valence electrons. The first-order valence-corrected chi connectivity index (χ1v) is 8.29. The number of ether oxygens (including phenoxy) is 1. The maximum absolute atomic E-state index is 12.7. The molecule has 0 spiro atoms. The van der Waals surface area contributed by atoms with E-state index in [-0.39, 0.29) is 18.2 Å². The molecule has 1 aromatic heterocycles. The van der Waals surface area contributed by atoms with Gasteiger partial charge in [0, 0.05) is 5.38 Å². The van der Waals surface area contributed by atoms with Crippen molar-refractivity contribution >= 4 is 26.5 Å². The van der Waals surface area contributed by atoms with Gasteiger partial charge in [-0.15, -0.1) is 11.3 Å². The van der Waals surface area contributed by atoms with Crippen LogP contribution in [0.5, 0.6) is 5.75 Å². The highest BCUT2D eigenvalue weighted by molar-refractivity contribution is 7.92. The summed E-state index contributed by atoms with van der Waals surface area (Å²) in [7, 11) is -3.50. The SMILES string of the molecule is Cc1csc(NS(=O)(=O)CCOc2ccc(F)cc2)n1. The molecule has 0 radical (unpaired) electrons. The Morgan fingerprint density at radius 2 is 2.05 bits per heavy atom. The molecule has 2 aromatic rings. The first-order chi connectivity index (χ1) is 9.44. The number of aromatic nitrogens is 1. The Bertz CT molecular complexity index is 668. The van der Waals surface area contributed by atoms with Gasteiger partial charge in [-0.1, -0.05) is 0 Å². The molecule has 8 heteroatoms. The van der Waals surface area contributed by atoms with Crippen molar-refractivity contribution in [2.75, 3.05) is 17.1 Å². The first kappa shape index (κ1) is 14.7. The van der Waals surface area contributed by atoms with Crippen LogP contribution in [0.2, 0.25) is 0 Å². The number of hydrogen-bond donors (Lipinski definition) is 1. The Kier molecular flexibility index (Phi) is 4.56. The molecule has 1 heterocycles. The van der Waals surface area contributed by atoms with Crippen molar-refractivity contribution in [2.45, 2.75) is 6.92 Å². The van der Waals surface area contributed by atoms with E-state index in [4.69, 9.17) is 4.74 Å². The molecule has 0 fully saturated rings. The summed E-state index contributed by atoms with van der Waals surface area (Å²) in [4.78, 5) is 4.02. The van der Waals surface area contributed by atoms with E-state index >= 15 is 0 Å². The molecule has 0 aliphatic rings. The zero-order valence-electron chi connectivity index (χ0n) is 10.7. The second-order valence-electron chi connectivity index (χ2n) is 4.02. The molecular weight excluding hydrogens is 303 g/mol. The van der Waals surface area contributed by atoms with Gasteiger partial charge in [0.15, 0.2) is 5.13 Å². The highest BCUT2D eigenvalue weighted by Gasteiger charge is 2.12. The zero-order chi connectivity index (χ0) is 14.6. The molecular formula is C12H13FN2O3S2. The van der Waals surface area contributed by atoms with Crippen LogP contribution in [0.1, 0.15) is 5.69 Å². The summed E-state index contributed by atoms with van der Waals surface area (Å²) >= 11 is 1.22. The third-order valence-electron chi connectivity index (χ3n) is 2.30. The normalized spacial score (nSPS) is 11.3.